The summed E-state index contributed by atoms with van der Waals surface area (Å²) in [6.07, 6.45) is -17.0. The predicted molar refractivity (Wildman–Crippen MR) is 142 cm³/mol. The Hall–Kier alpha value is -3.75. The zero-order valence-electron chi connectivity index (χ0n) is 22.4. The Kier molecular flexibility index (Phi) is 8.87. The van der Waals surface area contributed by atoms with Crippen molar-refractivity contribution in [3.63, 3.8) is 0 Å². The van der Waals surface area contributed by atoms with Crippen LogP contribution in [0.15, 0.2) is 39.5 Å². The van der Waals surface area contributed by atoms with E-state index in [1.807, 2.05) is 0 Å². The van der Waals surface area contributed by atoms with Gasteiger partial charge in [0.05, 0.1) is 13.2 Å². The van der Waals surface area contributed by atoms with E-state index in [1.54, 1.807) is 0 Å². The molecule has 10 atom stereocenters. The fraction of sp³-hybridized carbons (Fsp3) is 0.444. The first-order valence-corrected chi connectivity index (χ1v) is 13.2. The van der Waals surface area contributed by atoms with Crippen molar-refractivity contribution in [3.8, 4) is 40.1 Å². The normalized spacial score (nSPS) is 32.5. The van der Waals surface area contributed by atoms with Crippen molar-refractivity contribution in [3.05, 3.63) is 40.6 Å². The van der Waals surface area contributed by atoms with Gasteiger partial charge in [0.2, 0.25) is 23.8 Å². The first kappa shape index (κ1) is 31.7. The maximum atomic E-state index is 13.7. The zero-order valence-corrected chi connectivity index (χ0v) is 22.4. The van der Waals surface area contributed by atoms with E-state index in [2.05, 4.69) is 0 Å². The minimum absolute atomic E-state index is 0.0707. The summed E-state index contributed by atoms with van der Waals surface area (Å²) in [5, 5.41) is 110. The van der Waals surface area contributed by atoms with Gasteiger partial charge in [0.25, 0.3) is 0 Å². The second-order valence-corrected chi connectivity index (χ2v) is 10.2. The largest absolute Gasteiger partial charge is 0.507 e. The number of aliphatic hydroxyl groups excluding tert-OH is 8. The molecule has 0 amide bonds. The van der Waals surface area contributed by atoms with Gasteiger partial charge in [0, 0.05) is 17.7 Å². The Labute approximate surface area is 246 Å². The van der Waals surface area contributed by atoms with E-state index >= 15 is 0 Å². The van der Waals surface area contributed by atoms with Gasteiger partial charge in [0.1, 0.15) is 71.3 Å². The van der Waals surface area contributed by atoms with Crippen LogP contribution >= 0.6 is 0 Å². The van der Waals surface area contributed by atoms with E-state index in [0.29, 0.717) is 0 Å². The van der Waals surface area contributed by atoms with E-state index in [9.17, 15) is 61.0 Å². The third-order valence-corrected chi connectivity index (χ3v) is 7.33. The molecule has 0 saturated carbocycles. The quantitative estimate of drug-likeness (QED) is 0.116. The Morgan fingerprint density at radius 1 is 0.659 bits per heavy atom. The summed E-state index contributed by atoms with van der Waals surface area (Å²) in [5.41, 5.74) is -1.50. The zero-order chi connectivity index (χ0) is 32.0. The van der Waals surface area contributed by atoms with Crippen molar-refractivity contribution in [2.75, 3.05) is 13.2 Å². The fourth-order valence-electron chi connectivity index (χ4n) is 4.87. The van der Waals surface area contributed by atoms with Crippen LogP contribution in [0.4, 0.5) is 0 Å². The van der Waals surface area contributed by atoms with Gasteiger partial charge in [-0.3, -0.25) is 4.79 Å². The van der Waals surface area contributed by atoms with E-state index in [0.717, 1.165) is 24.3 Å². The van der Waals surface area contributed by atoms with Crippen LogP contribution in [0.3, 0.4) is 0 Å². The van der Waals surface area contributed by atoms with Crippen LogP contribution in [-0.4, -0.2) is 131 Å². The van der Waals surface area contributed by atoms with Crippen molar-refractivity contribution in [1.82, 2.24) is 0 Å². The predicted octanol–water partition coefficient (Wildman–Crippen LogP) is -3.07. The van der Waals surface area contributed by atoms with Gasteiger partial charge in [-0.15, -0.1) is 0 Å². The van der Waals surface area contributed by atoms with Gasteiger partial charge >= 0.3 is 0 Å². The molecular formula is C27H30O17. The Morgan fingerprint density at radius 2 is 1.23 bits per heavy atom. The molecule has 3 heterocycles. The summed E-state index contributed by atoms with van der Waals surface area (Å²) in [6, 6.07) is 5.27. The second kappa shape index (κ2) is 12.3. The van der Waals surface area contributed by atoms with Gasteiger partial charge in [-0.05, 0) is 18.2 Å². The number of phenolic OH excluding ortho intramolecular Hbond substituents is 3. The lowest BCUT2D eigenvalue weighted by molar-refractivity contribution is -0.277. The molecule has 0 aliphatic carbocycles. The summed E-state index contributed by atoms with van der Waals surface area (Å²) >= 11 is 0. The van der Waals surface area contributed by atoms with Crippen molar-refractivity contribution in [1.29, 1.82) is 0 Å². The first-order valence-electron chi connectivity index (χ1n) is 13.2. The maximum Gasteiger partial charge on any atom is 0.239 e. The molecule has 0 bridgehead atoms. The molecule has 44 heavy (non-hydrogen) atoms. The molecule has 1 aromatic heterocycles. The van der Waals surface area contributed by atoms with Gasteiger partial charge in [-0.25, -0.2) is 0 Å². The summed E-state index contributed by atoms with van der Waals surface area (Å²) < 4.78 is 27.6. The van der Waals surface area contributed by atoms with Gasteiger partial charge < -0.3 is 79.5 Å². The molecule has 2 aromatic carbocycles. The molecule has 3 aromatic rings. The monoisotopic (exact) mass is 626 g/mol. The highest BCUT2D eigenvalue weighted by molar-refractivity contribution is 5.88. The molecule has 2 saturated heterocycles. The molecule has 0 spiro atoms. The van der Waals surface area contributed by atoms with E-state index < -0.39 is 114 Å². The molecule has 17 heteroatoms. The molecule has 2 aliphatic heterocycles. The molecule has 240 valence electrons. The number of phenols is 3. The second-order valence-electron chi connectivity index (χ2n) is 10.2. The summed E-state index contributed by atoms with van der Waals surface area (Å²) in [6.45, 7) is -1.53. The smallest absolute Gasteiger partial charge is 0.239 e. The number of hydrogen-bond acceptors (Lipinski definition) is 17. The number of aliphatic hydroxyl groups is 8. The molecule has 0 unspecified atom stereocenters. The van der Waals surface area contributed by atoms with Crippen molar-refractivity contribution >= 4 is 11.0 Å². The average molecular weight is 627 g/mol. The summed E-state index contributed by atoms with van der Waals surface area (Å²) in [7, 11) is 0. The van der Waals surface area contributed by atoms with Gasteiger partial charge in [-0.1, -0.05) is 0 Å². The lowest BCUT2D eigenvalue weighted by Crippen LogP contribution is -2.60. The molecule has 11 N–H and O–H groups in total. The van der Waals surface area contributed by atoms with Crippen molar-refractivity contribution in [2.24, 2.45) is 0 Å². The Morgan fingerprint density at radius 3 is 1.77 bits per heavy atom. The number of rotatable bonds is 7. The van der Waals surface area contributed by atoms with Crippen molar-refractivity contribution in [2.45, 2.75) is 61.4 Å². The van der Waals surface area contributed by atoms with E-state index in [1.165, 1.54) is 6.07 Å². The van der Waals surface area contributed by atoms with Crippen LogP contribution < -0.4 is 14.9 Å². The summed E-state index contributed by atoms with van der Waals surface area (Å²) in [5.74, 6) is -3.35. The first-order chi connectivity index (χ1) is 20.9. The Balaban J connectivity index is 1.60. The van der Waals surface area contributed by atoms with Crippen LogP contribution in [0.5, 0.6) is 28.7 Å². The topological polar surface area (TPSA) is 290 Å². The van der Waals surface area contributed by atoms with Crippen molar-refractivity contribution < 1.29 is 79.5 Å². The van der Waals surface area contributed by atoms with E-state index in [-0.39, 0.29) is 16.9 Å². The van der Waals surface area contributed by atoms with Gasteiger partial charge in [0.15, 0.2) is 17.3 Å². The van der Waals surface area contributed by atoms with Crippen LogP contribution in [-0.2, 0) is 9.47 Å². The number of ether oxygens (including phenoxy) is 4. The molecule has 2 aliphatic rings. The summed E-state index contributed by atoms with van der Waals surface area (Å²) in [4.78, 5) is 13.7. The highest BCUT2D eigenvalue weighted by atomic mass is 16.7. The van der Waals surface area contributed by atoms with Crippen LogP contribution in [0, 0.1) is 0 Å². The molecule has 2 fully saturated rings. The minimum atomic E-state index is -1.94. The number of benzene rings is 2. The van der Waals surface area contributed by atoms with Crippen LogP contribution in [0.1, 0.15) is 0 Å². The number of hydrogen-bond donors (Lipinski definition) is 11. The standard InChI is InChI=1S/C27H30O17/c28-6-14-17(33)20(36)22(38)26(42-14)40-9-4-12(32)16-13(5-9)41-24(8-1-2-10(30)11(31)3-8)25(19(16)35)44-27-23(39)21(37)18(34)15(7-29)43-27/h1-5,14-15,17-18,20-23,26-34,36-39H,6-7H2/t14-,15-,17+,18+,20+,21+,22-,23-,26-,27+/m1/s1. The molecule has 17 nitrogen and oxygen atoms in total. The van der Waals surface area contributed by atoms with Gasteiger partial charge in [-0.2, -0.15) is 0 Å². The average Bonchev–Trinajstić information content (AvgIpc) is 2.99. The highest BCUT2D eigenvalue weighted by Crippen LogP contribution is 2.40. The maximum absolute atomic E-state index is 13.7. The van der Waals surface area contributed by atoms with E-state index in [4.69, 9.17) is 23.4 Å². The third-order valence-electron chi connectivity index (χ3n) is 7.33. The highest BCUT2D eigenvalue weighted by Gasteiger charge is 2.46. The lowest BCUT2D eigenvalue weighted by Gasteiger charge is -2.39. The Bertz CT molecular complexity index is 1550. The lowest BCUT2D eigenvalue weighted by atomic mass is 9.99. The minimum Gasteiger partial charge on any atom is -0.507 e. The SMILES string of the molecule is O=c1c(O[C@@H]2O[C@H](CO)[C@H](O)[C@H](O)[C@H]2O)c(-c2ccc(O)c(O)c2)oc2cc(O[C@@H]3O[C@H](CO)[C@H](O)[C@H](O)[C@H]3O)cc(O)c12. The number of fused-ring (bicyclic) bond motifs is 1. The molecule has 0 radical (unpaired) electrons. The van der Waals surface area contributed by atoms with Crippen LogP contribution in [0.25, 0.3) is 22.3 Å². The fourth-order valence-corrected chi connectivity index (χ4v) is 4.87. The van der Waals surface area contributed by atoms with Crippen LogP contribution in [0.2, 0.25) is 0 Å². The third kappa shape index (κ3) is 5.61. The molecular weight excluding hydrogens is 596 g/mol. The molecule has 5 rings (SSSR count). The number of aromatic hydroxyl groups is 3.